The van der Waals surface area contributed by atoms with Gasteiger partial charge in [-0.2, -0.15) is 5.10 Å². The van der Waals surface area contributed by atoms with Gasteiger partial charge in [0.25, 0.3) is 0 Å². The number of ether oxygens (including phenoxy) is 2. The number of hydrogen-bond acceptors (Lipinski definition) is 8. The molecule has 11 nitrogen and oxygen atoms in total. The molecule has 184 valence electrons. The molecule has 0 saturated carbocycles. The van der Waals surface area contributed by atoms with Crippen LogP contribution in [0.3, 0.4) is 0 Å². The van der Waals surface area contributed by atoms with E-state index in [1.807, 2.05) is 20.0 Å². The zero-order valence-corrected chi connectivity index (χ0v) is 20.7. The number of rotatable bonds is 10. The number of aryl methyl sites for hydroxylation is 2. The third-order valence-electron chi connectivity index (χ3n) is 5.01. The first-order valence-electron chi connectivity index (χ1n) is 10.8. The van der Waals surface area contributed by atoms with Gasteiger partial charge in [-0.15, -0.1) is 0 Å². The number of amides is 2. The Balaban J connectivity index is 1.84. The minimum absolute atomic E-state index is 0.128. The summed E-state index contributed by atoms with van der Waals surface area (Å²) in [6, 6.07) is 4.41. The summed E-state index contributed by atoms with van der Waals surface area (Å²) in [6.45, 7) is 6.73. The minimum atomic E-state index is -0.548. The van der Waals surface area contributed by atoms with E-state index < -0.39 is 6.03 Å². The Hall–Kier alpha value is -3.15. The highest BCUT2D eigenvalue weighted by Crippen LogP contribution is 2.30. The van der Waals surface area contributed by atoms with Crippen molar-refractivity contribution in [2.75, 3.05) is 43.8 Å². The van der Waals surface area contributed by atoms with Crippen LogP contribution in [0.25, 0.3) is 11.0 Å². The lowest BCUT2D eigenvalue weighted by molar-refractivity contribution is 0.144. The van der Waals surface area contributed by atoms with Crippen molar-refractivity contribution in [1.82, 2.24) is 25.2 Å². The van der Waals surface area contributed by atoms with Gasteiger partial charge in [-0.1, -0.05) is 25.4 Å². The fraction of sp³-hybridized carbons (Fsp3) is 0.455. The van der Waals surface area contributed by atoms with Gasteiger partial charge in [0, 0.05) is 25.6 Å². The maximum Gasteiger partial charge on any atom is 0.338 e. The summed E-state index contributed by atoms with van der Waals surface area (Å²) in [5.74, 6) is 0.944. The second kappa shape index (κ2) is 11.3. The normalized spacial score (nSPS) is 11.2. The molecule has 2 amide bonds. The van der Waals surface area contributed by atoms with Crippen LogP contribution >= 0.6 is 11.6 Å². The molecule has 0 aromatic carbocycles. The topological polar surface area (TPSA) is 127 Å². The Morgan fingerprint density at radius 3 is 2.71 bits per heavy atom. The third-order valence-corrected chi connectivity index (χ3v) is 5.20. The maximum absolute atomic E-state index is 12.8. The molecule has 0 aliphatic heterocycles. The van der Waals surface area contributed by atoms with Gasteiger partial charge in [0.15, 0.2) is 5.65 Å². The van der Waals surface area contributed by atoms with E-state index in [1.165, 1.54) is 11.1 Å². The van der Waals surface area contributed by atoms with Crippen molar-refractivity contribution in [2.45, 2.75) is 26.7 Å². The second-order valence-corrected chi connectivity index (χ2v) is 8.32. The molecule has 0 fully saturated rings. The number of pyridine rings is 2. The van der Waals surface area contributed by atoms with Crippen LogP contribution in [0, 0.1) is 6.92 Å². The van der Waals surface area contributed by atoms with Gasteiger partial charge in [-0.3, -0.25) is 9.69 Å². The van der Waals surface area contributed by atoms with E-state index >= 15 is 0 Å². The average Bonchev–Trinajstić information content (AvgIpc) is 3.06. The number of carbonyl (C=O) groups is 1. The number of nitrogens with zero attached hydrogens (tertiary/aromatic N) is 5. The third kappa shape index (κ3) is 6.04. The Morgan fingerprint density at radius 2 is 2.03 bits per heavy atom. The molecule has 0 atom stereocenters. The molecule has 0 bridgehead atoms. The number of aliphatic hydroxyl groups excluding tert-OH is 1. The number of hydrazine groups is 1. The molecule has 3 rings (SSSR count). The van der Waals surface area contributed by atoms with Crippen molar-refractivity contribution in [2.24, 2.45) is 7.05 Å². The van der Waals surface area contributed by atoms with Crippen molar-refractivity contribution >= 4 is 40.2 Å². The number of aliphatic hydroxyl groups is 1. The summed E-state index contributed by atoms with van der Waals surface area (Å²) >= 11 is 6.06. The zero-order valence-electron chi connectivity index (χ0n) is 19.9. The Kier molecular flexibility index (Phi) is 8.48. The van der Waals surface area contributed by atoms with Crippen molar-refractivity contribution in [3.8, 4) is 5.88 Å². The summed E-state index contributed by atoms with van der Waals surface area (Å²) < 4.78 is 12.1. The van der Waals surface area contributed by atoms with E-state index in [1.54, 1.807) is 17.9 Å². The molecule has 3 aromatic heterocycles. The molecule has 3 aromatic rings. The highest BCUT2D eigenvalue weighted by atomic mass is 35.5. The van der Waals surface area contributed by atoms with Crippen molar-refractivity contribution in [3.05, 3.63) is 34.6 Å². The van der Waals surface area contributed by atoms with Crippen LogP contribution in [0.2, 0.25) is 5.15 Å². The largest absolute Gasteiger partial charge is 0.475 e. The quantitative estimate of drug-likeness (QED) is 0.224. The lowest BCUT2D eigenvalue weighted by atomic mass is 10.00. The molecule has 34 heavy (non-hydrogen) atoms. The van der Waals surface area contributed by atoms with Crippen LogP contribution in [0.15, 0.2) is 18.2 Å². The fourth-order valence-electron chi connectivity index (χ4n) is 3.52. The molecule has 3 heterocycles. The number of urea groups is 1. The molecular weight excluding hydrogens is 462 g/mol. The lowest BCUT2D eigenvalue weighted by Gasteiger charge is -2.25. The monoisotopic (exact) mass is 491 g/mol. The van der Waals surface area contributed by atoms with E-state index in [0.717, 1.165) is 16.6 Å². The van der Waals surface area contributed by atoms with Crippen molar-refractivity contribution < 1.29 is 19.4 Å². The molecule has 0 aliphatic carbocycles. The number of methoxy groups -OCH3 is 1. The summed E-state index contributed by atoms with van der Waals surface area (Å²) in [5, 5.41) is 19.5. The number of anilines is 2. The first-order valence-corrected chi connectivity index (χ1v) is 11.2. The molecule has 0 radical (unpaired) electrons. The van der Waals surface area contributed by atoms with Crippen LogP contribution in [0.4, 0.5) is 16.3 Å². The number of halogens is 1. The second-order valence-electron chi connectivity index (χ2n) is 7.93. The number of fused-ring (bicyclic) bond motifs is 1. The van der Waals surface area contributed by atoms with Gasteiger partial charge in [0.2, 0.25) is 5.88 Å². The van der Waals surface area contributed by atoms with Gasteiger partial charge in [0.1, 0.15) is 17.6 Å². The zero-order chi connectivity index (χ0) is 24.8. The van der Waals surface area contributed by atoms with Gasteiger partial charge in [0.05, 0.1) is 31.1 Å². The number of hydrogen-bond donors (Lipinski definition) is 3. The van der Waals surface area contributed by atoms with Crippen LogP contribution < -0.4 is 20.5 Å². The Labute approximate surface area is 203 Å². The van der Waals surface area contributed by atoms with Gasteiger partial charge in [-0.25, -0.2) is 20.2 Å². The first kappa shape index (κ1) is 25.5. The van der Waals surface area contributed by atoms with Crippen molar-refractivity contribution in [3.63, 3.8) is 0 Å². The summed E-state index contributed by atoms with van der Waals surface area (Å²) in [7, 11) is 3.39. The smallest absolute Gasteiger partial charge is 0.338 e. The fourth-order valence-corrected chi connectivity index (χ4v) is 3.72. The number of carbonyl (C=O) groups excluding carboxylic acids is 1. The molecule has 0 unspecified atom stereocenters. The van der Waals surface area contributed by atoms with Crippen LogP contribution in [-0.2, 0) is 11.8 Å². The average molecular weight is 492 g/mol. The number of aromatic nitrogens is 4. The van der Waals surface area contributed by atoms with Crippen LogP contribution in [0.5, 0.6) is 5.88 Å². The first-order chi connectivity index (χ1) is 16.2. The highest BCUT2D eigenvalue weighted by Gasteiger charge is 2.20. The predicted octanol–water partition coefficient (Wildman–Crippen LogP) is 3.01. The summed E-state index contributed by atoms with van der Waals surface area (Å²) in [6.07, 6.45) is 0. The van der Waals surface area contributed by atoms with Crippen LogP contribution in [0.1, 0.15) is 31.0 Å². The summed E-state index contributed by atoms with van der Waals surface area (Å²) in [5.41, 5.74) is 5.76. The SMILES string of the molecule is COCCOc1cc(NC(=O)NN(CCO)c2cc(C(C)C)c3c(C)nn(C)c3n2)cc(Cl)n1. The summed E-state index contributed by atoms with van der Waals surface area (Å²) in [4.78, 5) is 21.6. The standard InChI is InChI=1S/C22H30ClN7O4/c1-13(2)16-12-18(26-21-20(16)14(3)27-29(21)4)30(6-7-31)28-22(32)24-15-10-17(23)25-19(11-15)34-9-8-33-5/h10-13,31H,6-9H2,1-5H3,(H2,24,25,28,32). The molecule has 3 N–H and O–H groups in total. The van der Waals surface area contributed by atoms with E-state index in [2.05, 4.69) is 34.7 Å². The van der Waals surface area contributed by atoms with E-state index in [9.17, 15) is 9.90 Å². The molecule has 0 aliphatic rings. The van der Waals surface area contributed by atoms with Crippen LogP contribution in [-0.4, -0.2) is 64.4 Å². The molecule has 0 saturated heterocycles. The van der Waals surface area contributed by atoms with E-state index in [4.69, 9.17) is 26.1 Å². The molecule has 12 heteroatoms. The van der Waals surface area contributed by atoms with Crippen molar-refractivity contribution in [1.29, 1.82) is 0 Å². The lowest BCUT2D eigenvalue weighted by Crippen LogP contribution is -2.46. The maximum atomic E-state index is 12.8. The molecule has 0 spiro atoms. The van der Waals surface area contributed by atoms with Gasteiger partial charge in [-0.05, 0) is 30.5 Å². The molecular formula is C22H30ClN7O4. The predicted molar refractivity (Wildman–Crippen MR) is 131 cm³/mol. The van der Waals surface area contributed by atoms with Gasteiger partial charge < -0.3 is 19.9 Å². The Morgan fingerprint density at radius 1 is 1.26 bits per heavy atom. The van der Waals surface area contributed by atoms with E-state index in [-0.39, 0.29) is 30.1 Å². The highest BCUT2D eigenvalue weighted by molar-refractivity contribution is 6.29. The Bertz CT molecular complexity index is 1150. The minimum Gasteiger partial charge on any atom is -0.475 e. The number of nitrogens with one attached hydrogen (secondary N) is 2. The van der Waals surface area contributed by atoms with Gasteiger partial charge >= 0.3 is 6.03 Å². The van der Waals surface area contributed by atoms with E-state index in [0.29, 0.717) is 30.4 Å².